The summed E-state index contributed by atoms with van der Waals surface area (Å²) in [5.41, 5.74) is 1.02. The molecule has 1 aliphatic heterocycles. The minimum atomic E-state index is -3.06. The van der Waals surface area contributed by atoms with Crippen molar-refractivity contribution in [2.24, 2.45) is 11.8 Å². The summed E-state index contributed by atoms with van der Waals surface area (Å²) in [5, 5.41) is 0. The van der Waals surface area contributed by atoms with Gasteiger partial charge in [-0.3, -0.25) is 4.79 Å². The molecule has 0 spiro atoms. The van der Waals surface area contributed by atoms with Gasteiger partial charge in [-0.1, -0.05) is 43.2 Å². The lowest BCUT2D eigenvalue weighted by Gasteiger charge is -2.25. The van der Waals surface area contributed by atoms with Gasteiger partial charge >= 0.3 is 5.97 Å². The highest BCUT2D eigenvalue weighted by molar-refractivity contribution is 7.91. The SMILES string of the molecule is O=C(O[C@@H](c1ccccc1)C1CCCC1)[C@H]1CCS(=O)(=O)C1. The first-order chi connectivity index (χ1) is 10.6. The van der Waals surface area contributed by atoms with E-state index in [0.29, 0.717) is 12.3 Å². The highest BCUT2D eigenvalue weighted by Gasteiger charge is 2.37. The number of hydrogen-bond donors (Lipinski definition) is 0. The zero-order valence-corrected chi connectivity index (χ0v) is 13.4. The summed E-state index contributed by atoms with van der Waals surface area (Å²) in [6.45, 7) is 0. The van der Waals surface area contributed by atoms with E-state index in [1.165, 1.54) is 12.8 Å². The van der Waals surface area contributed by atoms with Crippen LogP contribution in [0.5, 0.6) is 0 Å². The van der Waals surface area contributed by atoms with Gasteiger partial charge in [0.2, 0.25) is 0 Å². The molecule has 2 aliphatic rings. The van der Waals surface area contributed by atoms with E-state index in [9.17, 15) is 13.2 Å². The Balaban J connectivity index is 1.74. The lowest BCUT2D eigenvalue weighted by atomic mass is 9.94. The maximum Gasteiger partial charge on any atom is 0.310 e. The van der Waals surface area contributed by atoms with E-state index in [4.69, 9.17) is 4.74 Å². The van der Waals surface area contributed by atoms with Crippen molar-refractivity contribution in [1.82, 2.24) is 0 Å². The molecule has 0 radical (unpaired) electrons. The molecule has 2 fully saturated rings. The van der Waals surface area contributed by atoms with E-state index < -0.39 is 15.8 Å². The predicted molar refractivity (Wildman–Crippen MR) is 84.0 cm³/mol. The van der Waals surface area contributed by atoms with Gasteiger partial charge in [-0.2, -0.15) is 0 Å². The summed E-state index contributed by atoms with van der Waals surface area (Å²) in [6, 6.07) is 9.82. The van der Waals surface area contributed by atoms with Gasteiger partial charge in [-0.05, 0) is 24.8 Å². The molecule has 120 valence electrons. The Labute approximate surface area is 131 Å². The zero-order valence-electron chi connectivity index (χ0n) is 12.6. The van der Waals surface area contributed by atoms with Gasteiger partial charge in [0.05, 0.1) is 17.4 Å². The largest absolute Gasteiger partial charge is 0.457 e. The smallest absolute Gasteiger partial charge is 0.310 e. The molecule has 1 aromatic carbocycles. The summed E-state index contributed by atoms with van der Waals surface area (Å²) >= 11 is 0. The number of hydrogen-bond acceptors (Lipinski definition) is 4. The molecule has 0 unspecified atom stereocenters. The van der Waals surface area contributed by atoms with Crippen molar-refractivity contribution < 1.29 is 17.9 Å². The fourth-order valence-corrected chi connectivity index (χ4v) is 5.27. The van der Waals surface area contributed by atoms with Gasteiger partial charge in [-0.25, -0.2) is 8.42 Å². The van der Waals surface area contributed by atoms with Gasteiger partial charge in [0, 0.05) is 5.92 Å². The van der Waals surface area contributed by atoms with Gasteiger partial charge in [0.15, 0.2) is 9.84 Å². The standard InChI is InChI=1S/C17H22O4S/c18-17(15-10-11-22(19,20)12-15)21-16(14-8-4-5-9-14)13-6-2-1-3-7-13/h1-3,6-7,14-16H,4-5,8-12H2/t15-,16-/m0/s1. The van der Waals surface area contributed by atoms with Crippen molar-refractivity contribution >= 4 is 15.8 Å². The lowest BCUT2D eigenvalue weighted by Crippen LogP contribution is -2.24. The molecule has 0 bridgehead atoms. The second-order valence-corrected chi connectivity index (χ2v) is 8.64. The van der Waals surface area contributed by atoms with Crippen LogP contribution in [0, 0.1) is 11.8 Å². The van der Waals surface area contributed by atoms with Gasteiger partial charge in [0.25, 0.3) is 0 Å². The van der Waals surface area contributed by atoms with Crippen molar-refractivity contribution in [2.45, 2.75) is 38.2 Å². The number of esters is 1. The molecule has 1 saturated carbocycles. The van der Waals surface area contributed by atoms with E-state index in [1.54, 1.807) is 0 Å². The van der Waals surface area contributed by atoms with Crippen LogP contribution in [-0.4, -0.2) is 25.9 Å². The van der Waals surface area contributed by atoms with Crippen molar-refractivity contribution in [3.8, 4) is 0 Å². The van der Waals surface area contributed by atoms with Crippen LogP contribution in [0.4, 0.5) is 0 Å². The van der Waals surface area contributed by atoms with E-state index in [2.05, 4.69) is 0 Å². The van der Waals surface area contributed by atoms with Crippen LogP contribution < -0.4 is 0 Å². The molecule has 1 aliphatic carbocycles. The maximum atomic E-state index is 12.4. The van der Waals surface area contributed by atoms with E-state index >= 15 is 0 Å². The molecule has 0 aromatic heterocycles. The van der Waals surface area contributed by atoms with Crippen molar-refractivity contribution in [3.63, 3.8) is 0 Å². The fraction of sp³-hybridized carbons (Fsp3) is 0.588. The quantitative estimate of drug-likeness (QED) is 0.800. The van der Waals surface area contributed by atoms with E-state index in [0.717, 1.165) is 18.4 Å². The zero-order chi connectivity index (χ0) is 15.6. The monoisotopic (exact) mass is 322 g/mol. The molecule has 3 rings (SSSR count). The number of sulfone groups is 1. The number of carbonyl (C=O) groups excluding carboxylic acids is 1. The summed E-state index contributed by atoms with van der Waals surface area (Å²) in [5.74, 6) is -0.437. The van der Waals surface area contributed by atoms with Gasteiger partial charge in [-0.15, -0.1) is 0 Å². The highest BCUT2D eigenvalue weighted by atomic mass is 32.2. The van der Waals surface area contributed by atoms with Gasteiger partial charge in [0.1, 0.15) is 6.10 Å². The summed E-state index contributed by atoms with van der Waals surface area (Å²) in [4.78, 5) is 12.4. The molecule has 0 N–H and O–H groups in total. The summed E-state index contributed by atoms with van der Waals surface area (Å²) in [6.07, 6.45) is 4.63. The van der Waals surface area contributed by atoms with Crippen molar-refractivity contribution in [3.05, 3.63) is 35.9 Å². The Morgan fingerprint density at radius 1 is 1.09 bits per heavy atom. The Morgan fingerprint density at radius 3 is 2.36 bits per heavy atom. The average molecular weight is 322 g/mol. The molecular weight excluding hydrogens is 300 g/mol. The highest BCUT2D eigenvalue weighted by Crippen LogP contribution is 2.39. The molecule has 22 heavy (non-hydrogen) atoms. The molecule has 2 atom stereocenters. The molecule has 1 aromatic rings. The molecule has 5 heteroatoms. The second kappa shape index (κ2) is 6.41. The number of benzene rings is 1. The van der Waals surface area contributed by atoms with Crippen LogP contribution in [0.2, 0.25) is 0 Å². The Bertz CT molecular complexity index is 617. The van der Waals surface area contributed by atoms with E-state index in [1.807, 2.05) is 30.3 Å². The third-order valence-corrected chi connectivity index (χ3v) is 6.53. The minimum absolute atomic E-state index is 0.0575. The second-order valence-electron chi connectivity index (χ2n) is 6.41. The maximum absolute atomic E-state index is 12.4. The summed E-state index contributed by atoms with van der Waals surface area (Å²) in [7, 11) is -3.06. The summed E-state index contributed by atoms with van der Waals surface area (Å²) < 4.78 is 28.9. The minimum Gasteiger partial charge on any atom is -0.457 e. The van der Waals surface area contributed by atoms with Crippen LogP contribution in [0.3, 0.4) is 0 Å². The number of ether oxygens (including phenoxy) is 1. The van der Waals surface area contributed by atoms with Crippen LogP contribution in [0.15, 0.2) is 30.3 Å². The predicted octanol–water partition coefficient (Wildman–Crippen LogP) is 2.90. The number of carbonyl (C=O) groups is 1. The molecule has 4 nitrogen and oxygen atoms in total. The fourth-order valence-electron chi connectivity index (χ4n) is 3.54. The third kappa shape index (κ3) is 3.51. The normalized spacial score (nSPS) is 25.9. The van der Waals surface area contributed by atoms with Crippen LogP contribution in [-0.2, 0) is 19.4 Å². The van der Waals surface area contributed by atoms with Crippen molar-refractivity contribution in [2.75, 3.05) is 11.5 Å². The van der Waals surface area contributed by atoms with Crippen LogP contribution in [0.25, 0.3) is 0 Å². The first-order valence-electron chi connectivity index (χ1n) is 8.01. The Morgan fingerprint density at radius 2 is 1.77 bits per heavy atom. The van der Waals surface area contributed by atoms with Crippen molar-refractivity contribution in [1.29, 1.82) is 0 Å². The van der Waals surface area contributed by atoms with Crippen LogP contribution >= 0.6 is 0 Å². The molecule has 0 amide bonds. The Hall–Kier alpha value is -1.36. The van der Waals surface area contributed by atoms with Crippen LogP contribution in [0.1, 0.15) is 43.8 Å². The van der Waals surface area contributed by atoms with E-state index in [-0.39, 0.29) is 23.6 Å². The average Bonchev–Trinajstić information content (AvgIpc) is 3.15. The third-order valence-electron chi connectivity index (χ3n) is 4.76. The molecule has 1 saturated heterocycles. The first-order valence-corrected chi connectivity index (χ1v) is 9.83. The topological polar surface area (TPSA) is 60.4 Å². The van der Waals surface area contributed by atoms with Gasteiger partial charge < -0.3 is 4.74 Å². The first kappa shape index (κ1) is 15.5. The Kier molecular flexibility index (Phi) is 4.52. The lowest BCUT2D eigenvalue weighted by molar-refractivity contribution is -0.156. The number of rotatable bonds is 4. The molecule has 1 heterocycles. The molecular formula is C17H22O4S.